The molecule has 0 aliphatic heterocycles. The topological polar surface area (TPSA) is 167 Å². The van der Waals surface area contributed by atoms with E-state index in [0.29, 0.717) is 22.5 Å². The highest BCUT2D eigenvalue weighted by atomic mass is 32.2. The molecule has 3 aromatic carbocycles. The number of nitrogens with zero attached hydrogens (tertiary/aromatic N) is 2. The first-order valence-corrected chi connectivity index (χ1v) is 15.0. The molecule has 0 unspecified atom stereocenters. The standard InChI is InChI=1S/C30H28FN3O9S/c1-20-26(30(28(35)36,15-16-43-34(38)39)32-29(37)42-19-21-7-4-3-5-8-21)18-27(33(20)24-10-6-9-23(31)17-24)22-11-13-25(14-12-22)44(2,40)41/h3-14,17-18H,15-16,19H2,1-2H3,(H,32,37)(H,35,36)/t30-/m1/s1. The number of carbonyl (C=O) groups is 2. The van der Waals surface area contributed by atoms with Gasteiger partial charge in [-0.2, -0.15) is 0 Å². The van der Waals surface area contributed by atoms with Crippen LogP contribution in [-0.4, -0.2) is 48.1 Å². The highest BCUT2D eigenvalue weighted by Gasteiger charge is 2.45. The number of carbonyl (C=O) groups excluding carboxylic acids is 1. The van der Waals surface area contributed by atoms with Crippen molar-refractivity contribution in [3.05, 3.63) is 118 Å². The first-order chi connectivity index (χ1) is 20.8. The molecule has 0 radical (unpaired) electrons. The first-order valence-electron chi connectivity index (χ1n) is 13.1. The molecule has 0 aliphatic carbocycles. The summed E-state index contributed by atoms with van der Waals surface area (Å²) >= 11 is 0. The number of carboxylic acid groups (broad SMARTS) is 1. The Bertz CT molecular complexity index is 1790. The Morgan fingerprint density at radius 1 is 1.05 bits per heavy atom. The number of alkyl carbamates (subject to hydrolysis) is 1. The normalized spacial score (nSPS) is 12.6. The van der Waals surface area contributed by atoms with E-state index >= 15 is 0 Å². The molecule has 2 N–H and O–H groups in total. The number of halogens is 1. The van der Waals surface area contributed by atoms with Crippen molar-refractivity contribution in [2.24, 2.45) is 0 Å². The summed E-state index contributed by atoms with van der Waals surface area (Å²) in [5.41, 5.74) is -0.387. The maximum absolute atomic E-state index is 14.4. The van der Waals surface area contributed by atoms with Crippen LogP contribution in [0.1, 0.15) is 23.2 Å². The summed E-state index contributed by atoms with van der Waals surface area (Å²) in [6.45, 7) is 0.647. The largest absolute Gasteiger partial charge is 0.479 e. The fourth-order valence-electron chi connectivity index (χ4n) is 4.82. The van der Waals surface area contributed by atoms with Crippen molar-refractivity contribution in [3.63, 3.8) is 0 Å². The van der Waals surface area contributed by atoms with Crippen molar-refractivity contribution < 1.29 is 42.2 Å². The third kappa shape index (κ3) is 7.03. The molecule has 230 valence electrons. The van der Waals surface area contributed by atoms with Gasteiger partial charge in [-0.05, 0) is 54.4 Å². The Balaban J connectivity index is 1.88. The van der Waals surface area contributed by atoms with Crippen LogP contribution in [0.4, 0.5) is 9.18 Å². The molecule has 1 amide bonds. The predicted octanol–water partition coefficient (Wildman–Crippen LogP) is 4.80. The number of sulfone groups is 1. The summed E-state index contributed by atoms with van der Waals surface area (Å²) < 4.78 is 45.3. The van der Waals surface area contributed by atoms with Gasteiger partial charge in [0.1, 0.15) is 12.4 Å². The maximum Gasteiger partial charge on any atom is 0.408 e. The number of amides is 1. The van der Waals surface area contributed by atoms with E-state index in [-0.39, 0.29) is 22.8 Å². The van der Waals surface area contributed by atoms with Gasteiger partial charge in [0.05, 0.1) is 17.2 Å². The van der Waals surface area contributed by atoms with Crippen LogP contribution in [0.3, 0.4) is 0 Å². The number of carboxylic acids is 1. The van der Waals surface area contributed by atoms with E-state index in [1.807, 2.05) is 0 Å². The summed E-state index contributed by atoms with van der Waals surface area (Å²) in [4.78, 5) is 41.5. The SMILES string of the molecule is Cc1c([C@@](CCO[N+](=O)[O-])(NC(=O)OCc2ccccc2)C(=O)O)cc(-c2ccc(S(C)(=O)=O)cc2)n1-c1cccc(F)c1. The van der Waals surface area contributed by atoms with Crippen LogP contribution in [0, 0.1) is 22.9 Å². The van der Waals surface area contributed by atoms with Crippen molar-refractivity contribution >= 4 is 21.9 Å². The van der Waals surface area contributed by atoms with Crippen LogP contribution in [-0.2, 0) is 36.4 Å². The first kappa shape index (κ1) is 31.7. The summed E-state index contributed by atoms with van der Waals surface area (Å²) in [6, 6.07) is 21.3. The summed E-state index contributed by atoms with van der Waals surface area (Å²) in [7, 11) is -3.53. The molecule has 0 bridgehead atoms. The van der Waals surface area contributed by atoms with Crippen LogP contribution in [0.25, 0.3) is 16.9 Å². The second-order valence-corrected chi connectivity index (χ2v) is 11.9. The Morgan fingerprint density at radius 2 is 1.73 bits per heavy atom. The zero-order valence-corrected chi connectivity index (χ0v) is 24.4. The molecule has 4 aromatic rings. The fourth-order valence-corrected chi connectivity index (χ4v) is 5.45. The van der Waals surface area contributed by atoms with Gasteiger partial charge in [-0.25, -0.2) is 22.4 Å². The van der Waals surface area contributed by atoms with Crippen LogP contribution >= 0.6 is 0 Å². The van der Waals surface area contributed by atoms with Gasteiger partial charge in [0.2, 0.25) is 0 Å². The number of ether oxygens (including phenoxy) is 1. The number of hydrogen-bond acceptors (Lipinski definition) is 8. The Labute approximate surface area is 251 Å². The summed E-state index contributed by atoms with van der Waals surface area (Å²) in [6.07, 6.45) is -0.657. The van der Waals surface area contributed by atoms with Crippen molar-refractivity contribution in [2.75, 3.05) is 12.9 Å². The van der Waals surface area contributed by atoms with E-state index in [0.717, 1.165) is 6.26 Å². The van der Waals surface area contributed by atoms with E-state index < -0.39 is 51.4 Å². The number of nitrogens with one attached hydrogen (secondary N) is 1. The fraction of sp³-hybridized carbons (Fsp3) is 0.200. The summed E-state index contributed by atoms with van der Waals surface area (Å²) in [5.74, 6) is -2.15. The van der Waals surface area contributed by atoms with Gasteiger partial charge in [0.15, 0.2) is 15.4 Å². The molecule has 4 rings (SSSR count). The van der Waals surface area contributed by atoms with Gasteiger partial charge < -0.3 is 24.6 Å². The van der Waals surface area contributed by atoms with Crippen molar-refractivity contribution in [2.45, 2.75) is 30.4 Å². The minimum atomic E-state index is -3.53. The van der Waals surface area contributed by atoms with Crippen LogP contribution in [0.5, 0.6) is 0 Å². The number of aromatic nitrogens is 1. The van der Waals surface area contributed by atoms with E-state index in [1.54, 1.807) is 36.4 Å². The lowest BCUT2D eigenvalue weighted by Gasteiger charge is -2.30. The zero-order chi connectivity index (χ0) is 32.1. The molecule has 1 heterocycles. The molecule has 0 saturated heterocycles. The molecule has 44 heavy (non-hydrogen) atoms. The highest BCUT2D eigenvalue weighted by molar-refractivity contribution is 7.90. The Kier molecular flexibility index (Phi) is 9.33. The van der Waals surface area contributed by atoms with Crippen LogP contribution in [0.15, 0.2) is 89.8 Å². The monoisotopic (exact) mass is 625 g/mol. The van der Waals surface area contributed by atoms with E-state index in [9.17, 15) is 37.6 Å². The Hall–Kier alpha value is -5.24. The molecule has 0 spiro atoms. The lowest BCUT2D eigenvalue weighted by molar-refractivity contribution is -0.758. The molecular weight excluding hydrogens is 597 g/mol. The van der Waals surface area contributed by atoms with Crippen LogP contribution in [0.2, 0.25) is 0 Å². The zero-order valence-electron chi connectivity index (χ0n) is 23.6. The van der Waals surface area contributed by atoms with E-state index in [1.165, 1.54) is 60.0 Å². The molecule has 1 atom stereocenters. The molecule has 0 aliphatic rings. The van der Waals surface area contributed by atoms with E-state index in [2.05, 4.69) is 10.2 Å². The highest BCUT2D eigenvalue weighted by Crippen LogP contribution is 2.37. The predicted molar refractivity (Wildman–Crippen MR) is 156 cm³/mol. The summed E-state index contributed by atoms with van der Waals surface area (Å²) in [5, 5.41) is 22.8. The van der Waals surface area contributed by atoms with Gasteiger partial charge >= 0.3 is 12.1 Å². The molecule has 14 heteroatoms. The lowest BCUT2D eigenvalue weighted by atomic mass is 9.86. The average molecular weight is 626 g/mol. The maximum atomic E-state index is 14.4. The van der Waals surface area contributed by atoms with Gasteiger partial charge in [-0.1, -0.05) is 48.5 Å². The molecule has 0 saturated carbocycles. The average Bonchev–Trinajstić information content (AvgIpc) is 3.32. The third-order valence-corrected chi connectivity index (χ3v) is 8.05. The molecule has 1 aromatic heterocycles. The molecule has 0 fully saturated rings. The van der Waals surface area contributed by atoms with E-state index in [4.69, 9.17) is 4.74 Å². The van der Waals surface area contributed by atoms with Crippen molar-refractivity contribution in [1.29, 1.82) is 0 Å². The third-order valence-electron chi connectivity index (χ3n) is 6.92. The lowest BCUT2D eigenvalue weighted by Crippen LogP contribution is -2.53. The minimum absolute atomic E-state index is 0.0000554. The molecule has 12 nitrogen and oxygen atoms in total. The smallest absolute Gasteiger partial charge is 0.408 e. The van der Waals surface area contributed by atoms with Gasteiger partial charge in [-0.15, -0.1) is 10.1 Å². The van der Waals surface area contributed by atoms with Gasteiger partial charge in [0.25, 0.3) is 5.09 Å². The number of aliphatic carboxylic acids is 1. The molecular formula is C30H28FN3O9S. The van der Waals surface area contributed by atoms with Crippen molar-refractivity contribution in [1.82, 2.24) is 9.88 Å². The van der Waals surface area contributed by atoms with Crippen molar-refractivity contribution in [3.8, 4) is 16.9 Å². The van der Waals surface area contributed by atoms with Gasteiger partial charge in [-0.3, -0.25) is 0 Å². The minimum Gasteiger partial charge on any atom is -0.479 e. The quantitative estimate of drug-likeness (QED) is 0.166. The number of benzene rings is 3. The van der Waals surface area contributed by atoms with Gasteiger partial charge in [0, 0.05) is 29.6 Å². The second-order valence-electron chi connectivity index (χ2n) is 9.84. The second kappa shape index (κ2) is 13.0. The number of hydrogen-bond donors (Lipinski definition) is 2. The van der Waals surface area contributed by atoms with Crippen LogP contribution < -0.4 is 5.32 Å². The number of rotatable bonds is 12. The Morgan fingerprint density at radius 3 is 2.32 bits per heavy atom.